The number of carbonyl (C=O) groups excluding carboxylic acids is 1. The van der Waals surface area contributed by atoms with E-state index in [9.17, 15) is 4.79 Å². The van der Waals surface area contributed by atoms with Crippen LogP contribution in [-0.4, -0.2) is 28.6 Å². The van der Waals surface area contributed by atoms with E-state index < -0.39 is 0 Å². The van der Waals surface area contributed by atoms with E-state index in [0.29, 0.717) is 18.7 Å². The standard InChI is InChI=1S/C10H17N3O2S/c1-7(3-2-4-14)12-10(15)8-6-16-9(5-11)13-8/h6-7,14H,2-5,11H2,1H3,(H,12,15). The van der Waals surface area contributed by atoms with Crippen LogP contribution in [0.1, 0.15) is 35.3 Å². The molecule has 0 aliphatic carbocycles. The summed E-state index contributed by atoms with van der Waals surface area (Å²) in [7, 11) is 0. The first-order valence-corrected chi connectivity index (χ1v) is 6.11. The Morgan fingerprint density at radius 3 is 3.06 bits per heavy atom. The van der Waals surface area contributed by atoms with Crippen LogP contribution in [0, 0.1) is 0 Å². The van der Waals surface area contributed by atoms with Gasteiger partial charge >= 0.3 is 0 Å². The molecule has 1 aromatic rings. The maximum atomic E-state index is 11.7. The van der Waals surface area contributed by atoms with Crippen molar-refractivity contribution in [3.63, 3.8) is 0 Å². The van der Waals surface area contributed by atoms with Crippen LogP contribution >= 0.6 is 11.3 Å². The molecule has 1 rings (SSSR count). The van der Waals surface area contributed by atoms with Crippen molar-refractivity contribution in [1.82, 2.24) is 10.3 Å². The normalized spacial score (nSPS) is 12.4. The molecule has 1 heterocycles. The highest BCUT2D eigenvalue weighted by molar-refractivity contribution is 7.09. The lowest BCUT2D eigenvalue weighted by atomic mass is 10.2. The van der Waals surface area contributed by atoms with E-state index in [2.05, 4.69) is 10.3 Å². The molecule has 0 aromatic carbocycles. The Labute approximate surface area is 98.7 Å². The highest BCUT2D eigenvalue weighted by atomic mass is 32.1. The summed E-state index contributed by atoms with van der Waals surface area (Å²) in [6.07, 6.45) is 1.45. The van der Waals surface area contributed by atoms with Crippen molar-refractivity contribution >= 4 is 17.2 Å². The van der Waals surface area contributed by atoms with Crippen LogP contribution in [0.2, 0.25) is 0 Å². The van der Waals surface area contributed by atoms with Gasteiger partial charge in [-0.3, -0.25) is 4.79 Å². The van der Waals surface area contributed by atoms with Gasteiger partial charge in [0.2, 0.25) is 0 Å². The first-order valence-electron chi connectivity index (χ1n) is 5.23. The van der Waals surface area contributed by atoms with Crippen LogP contribution < -0.4 is 11.1 Å². The Morgan fingerprint density at radius 1 is 1.75 bits per heavy atom. The number of carbonyl (C=O) groups is 1. The van der Waals surface area contributed by atoms with Crippen LogP contribution in [0.25, 0.3) is 0 Å². The van der Waals surface area contributed by atoms with E-state index in [1.165, 1.54) is 11.3 Å². The van der Waals surface area contributed by atoms with Crippen molar-refractivity contribution in [1.29, 1.82) is 0 Å². The minimum atomic E-state index is -0.179. The number of nitrogens with one attached hydrogen (secondary N) is 1. The minimum Gasteiger partial charge on any atom is -0.396 e. The second-order valence-electron chi connectivity index (χ2n) is 3.57. The molecular weight excluding hydrogens is 226 g/mol. The molecule has 1 aromatic heterocycles. The number of rotatable bonds is 6. The fourth-order valence-corrected chi connectivity index (χ4v) is 1.93. The van der Waals surface area contributed by atoms with Crippen LogP contribution in [0.3, 0.4) is 0 Å². The number of nitrogens with zero attached hydrogens (tertiary/aromatic N) is 1. The summed E-state index contributed by atoms with van der Waals surface area (Å²) in [6, 6.07) is 0.0441. The highest BCUT2D eigenvalue weighted by Gasteiger charge is 2.12. The summed E-state index contributed by atoms with van der Waals surface area (Å²) >= 11 is 1.39. The summed E-state index contributed by atoms with van der Waals surface area (Å²) in [4.78, 5) is 15.8. The molecule has 1 atom stereocenters. The fourth-order valence-electron chi connectivity index (χ4n) is 1.28. The van der Waals surface area contributed by atoms with E-state index >= 15 is 0 Å². The average molecular weight is 243 g/mol. The van der Waals surface area contributed by atoms with Gasteiger partial charge in [0, 0.05) is 24.6 Å². The van der Waals surface area contributed by atoms with Gasteiger partial charge in [-0.05, 0) is 19.8 Å². The number of hydrogen-bond donors (Lipinski definition) is 3. The summed E-state index contributed by atoms with van der Waals surface area (Å²) in [5.74, 6) is -0.179. The van der Waals surface area contributed by atoms with Crippen molar-refractivity contribution in [3.05, 3.63) is 16.1 Å². The predicted molar refractivity (Wildman–Crippen MR) is 63.3 cm³/mol. The van der Waals surface area contributed by atoms with Gasteiger partial charge in [0.25, 0.3) is 5.91 Å². The molecule has 1 amide bonds. The van der Waals surface area contributed by atoms with Gasteiger partial charge in [-0.2, -0.15) is 0 Å². The second kappa shape index (κ2) is 6.57. The first kappa shape index (κ1) is 13.1. The van der Waals surface area contributed by atoms with Crippen LogP contribution in [-0.2, 0) is 6.54 Å². The summed E-state index contributed by atoms with van der Waals surface area (Å²) in [5.41, 5.74) is 5.84. The molecule has 0 aliphatic heterocycles. The first-order chi connectivity index (χ1) is 7.67. The van der Waals surface area contributed by atoms with Crippen molar-refractivity contribution in [2.24, 2.45) is 5.73 Å². The molecule has 6 heteroatoms. The molecule has 16 heavy (non-hydrogen) atoms. The maximum Gasteiger partial charge on any atom is 0.270 e. The number of amides is 1. The average Bonchev–Trinajstić information content (AvgIpc) is 2.74. The monoisotopic (exact) mass is 243 g/mol. The highest BCUT2D eigenvalue weighted by Crippen LogP contribution is 2.09. The Balaban J connectivity index is 2.45. The molecule has 90 valence electrons. The number of aliphatic hydroxyl groups is 1. The fraction of sp³-hybridized carbons (Fsp3) is 0.600. The minimum absolute atomic E-state index is 0.0441. The third kappa shape index (κ3) is 3.88. The molecule has 0 saturated carbocycles. The summed E-state index contributed by atoms with van der Waals surface area (Å²) in [5, 5.41) is 13.9. The van der Waals surface area contributed by atoms with E-state index in [1.807, 2.05) is 6.92 Å². The lowest BCUT2D eigenvalue weighted by Gasteiger charge is -2.11. The molecule has 1 unspecified atom stereocenters. The van der Waals surface area contributed by atoms with Crippen molar-refractivity contribution in [2.45, 2.75) is 32.4 Å². The molecule has 4 N–H and O–H groups in total. The number of aliphatic hydroxyl groups excluding tert-OH is 1. The van der Waals surface area contributed by atoms with Gasteiger partial charge < -0.3 is 16.2 Å². The van der Waals surface area contributed by atoms with Gasteiger partial charge in [0.1, 0.15) is 10.7 Å². The molecule has 0 fully saturated rings. The van der Waals surface area contributed by atoms with Crippen LogP contribution in [0.15, 0.2) is 5.38 Å². The lowest BCUT2D eigenvalue weighted by molar-refractivity contribution is 0.0932. The predicted octanol–water partition coefficient (Wildman–Crippen LogP) is 0.493. The van der Waals surface area contributed by atoms with Crippen LogP contribution in [0.4, 0.5) is 0 Å². The van der Waals surface area contributed by atoms with E-state index in [1.54, 1.807) is 5.38 Å². The van der Waals surface area contributed by atoms with Crippen molar-refractivity contribution < 1.29 is 9.90 Å². The van der Waals surface area contributed by atoms with Gasteiger partial charge in [-0.1, -0.05) is 0 Å². The van der Waals surface area contributed by atoms with E-state index in [0.717, 1.165) is 11.4 Å². The Morgan fingerprint density at radius 2 is 2.50 bits per heavy atom. The van der Waals surface area contributed by atoms with E-state index in [-0.39, 0.29) is 18.6 Å². The van der Waals surface area contributed by atoms with Gasteiger partial charge in [0.15, 0.2) is 0 Å². The number of thiazole rings is 1. The molecule has 0 radical (unpaired) electrons. The van der Waals surface area contributed by atoms with Crippen molar-refractivity contribution in [3.8, 4) is 0 Å². The lowest BCUT2D eigenvalue weighted by Crippen LogP contribution is -2.32. The summed E-state index contributed by atoms with van der Waals surface area (Å²) < 4.78 is 0. The smallest absolute Gasteiger partial charge is 0.270 e. The van der Waals surface area contributed by atoms with Crippen LogP contribution in [0.5, 0.6) is 0 Å². The molecule has 5 nitrogen and oxygen atoms in total. The van der Waals surface area contributed by atoms with Gasteiger partial charge in [-0.25, -0.2) is 4.98 Å². The Bertz CT molecular complexity index is 341. The quantitative estimate of drug-likeness (QED) is 0.678. The number of hydrogen-bond acceptors (Lipinski definition) is 5. The van der Waals surface area contributed by atoms with E-state index in [4.69, 9.17) is 10.8 Å². The van der Waals surface area contributed by atoms with Gasteiger partial charge in [0.05, 0.1) is 0 Å². The zero-order valence-corrected chi connectivity index (χ0v) is 10.1. The second-order valence-corrected chi connectivity index (χ2v) is 4.51. The topological polar surface area (TPSA) is 88.2 Å². The largest absolute Gasteiger partial charge is 0.396 e. The zero-order chi connectivity index (χ0) is 12.0. The van der Waals surface area contributed by atoms with Gasteiger partial charge in [-0.15, -0.1) is 11.3 Å². The van der Waals surface area contributed by atoms with Crippen molar-refractivity contribution in [2.75, 3.05) is 6.61 Å². The number of nitrogens with two attached hydrogens (primary N) is 1. The Hall–Kier alpha value is -0.980. The molecule has 0 saturated heterocycles. The zero-order valence-electron chi connectivity index (χ0n) is 9.27. The molecular formula is C10H17N3O2S. The SMILES string of the molecule is CC(CCCO)NC(=O)c1csc(CN)n1. The number of aromatic nitrogens is 1. The molecule has 0 bridgehead atoms. The maximum absolute atomic E-state index is 11.7. The Kier molecular flexibility index (Phi) is 5.37. The molecule has 0 aliphatic rings. The third-order valence-electron chi connectivity index (χ3n) is 2.13. The molecule has 0 spiro atoms. The third-order valence-corrected chi connectivity index (χ3v) is 3.00. The summed E-state index contributed by atoms with van der Waals surface area (Å²) in [6.45, 7) is 2.41.